The fourth-order valence-corrected chi connectivity index (χ4v) is 1.93. The maximum Gasteiger partial charge on any atom is 0.251 e. The number of aromatic amines is 1. The summed E-state index contributed by atoms with van der Waals surface area (Å²) in [7, 11) is 0. The zero-order valence-electron chi connectivity index (χ0n) is 10.6. The molecule has 16 heavy (non-hydrogen) atoms. The first-order valence-electron chi connectivity index (χ1n) is 5.88. The van der Waals surface area contributed by atoms with Gasteiger partial charge in [0.05, 0.1) is 5.52 Å². The van der Waals surface area contributed by atoms with Gasteiger partial charge in [-0.2, -0.15) is 0 Å². The molecule has 84 valence electrons. The average molecular weight is 286 g/mol. The number of fused-ring (bicyclic) bond motifs is 1. The highest BCUT2D eigenvalue weighted by molar-refractivity contribution is 9.08. The number of hydrogen-bond acceptors (Lipinski definition) is 1. The molecule has 0 amide bonds. The van der Waals surface area contributed by atoms with Crippen LogP contribution >= 0.6 is 15.9 Å². The number of benzene rings is 1. The Morgan fingerprint density at radius 2 is 2.25 bits per heavy atom. The molecule has 0 unspecified atom stereocenters. The summed E-state index contributed by atoms with van der Waals surface area (Å²) in [4.78, 5) is 14.1. The Balaban J connectivity index is 2.80. The lowest BCUT2D eigenvalue weighted by atomic mass is 10.1. The third-order valence-corrected chi connectivity index (χ3v) is 2.94. The van der Waals surface area contributed by atoms with Crippen LogP contribution in [0, 0.1) is 5.82 Å². The maximum absolute atomic E-state index is 14.1. The summed E-state index contributed by atoms with van der Waals surface area (Å²) in [5.41, 5.74) is 0.153. The van der Waals surface area contributed by atoms with Gasteiger partial charge in [0.2, 0.25) is 0 Å². The number of halogens is 2. The van der Waals surface area contributed by atoms with Crippen LogP contribution in [0.25, 0.3) is 10.9 Å². The van der Waals surface area contributed by atoms with E-state index < -0.39 is 11.1 Å². The van der Waals surface area contributed by atoms with Gasteiger partial charge in [-0.3, -0.25) is 4.79 Å². The lowest BCUT2D eigenvalue weighted by Gasteiger charge is -2.05. The molecule has 0 aliphatic rings. The number of aryl methyl sites for hydroxylation is 1. The second-order valence-corrected chi connectivity index (χ2v) is 3.86. The smallest absolute Gasteiger partial charge is 0.251 e. The minimum atomic E-state index is -1.97. The molecular weight excluding hydrogens is 273 g/mol. The van der Waals surface area contributed by atoms with Crippen LogP contribution in [-0.2, 0) is 11.7 Å². The third kappa shape index (κ3) is 1.78. The Hall–Kier alpha value is -1.16. The van der Waals surface area contributed by atoms with Crippen molar-refractivity contribution in [2.75, 3.05) is 0 Å². The molecule has 2 nitrogen and oxygen atoms in total. The van der Waals surface area contributed by atoms with Crippen molar-refractivity contribution in [2.45, 2.75) is 18.6 Å². The molecule has 1 aromatic heterocycles. The standard InChI is InChI=1S/C12H11BrFNO/c1-2-7-5-8-3-4-9(6-13)10(14)11(8)15-12(7)16/h3-5H,2,6H2,1H3,(H,15,16)/i6D2. The molecule has 0 atom stereocenters. The van der Waals surface area contributed by atoms with E-state index >= 15 is 0 Å². The minimum absolute atomic E-state index is 0.0398. The molecule has 0 radical (unpaired) electrons. The van der Waals surface area contributed by atoms with Crippen molar-refractivity contribution in [2.24, 2.45) is 0 Å². The summed E-state index contributed by atoms with van der Waals surface area (Å²) in [5, 5.41) is -1.41. The predicted molar refractivity (Wildman–Crippen MR) is 66.5 cm³/mol. The summed E-state index contributed by atoms with van der Waals surface area (Å²) >= 11 is 2.77. The van der Waals surface area contributed by atoms with Crippen molar-refractivity contribution in [3.05, 3.63) is 45.5 Å². The Bertz CT molecular complexity index is 663. The summed E-state index contributed by atoms with van der Waals surface area (Å²) in [5.74, 6) is -0.742. The summed E-state index contributed by atoms with van der Waals surface area (Å²) in [6, 6.07) is 4.61. The Morgan fingerprint density at radius 3 is 2.88 bits per heavy atom. The summed E-state index contributed by atoms with van der Waals surface area (Å²) in [6.07, 6.45) is 0.563. The van der Waals surface area contributed by atoms with E-state index in [4.69, 9.17) is 2.74 Å². The summed E-state index contributed by atoms with van der Waals surface area (Å²) < 4.78 is 29.1. The Labute approximate surface area is 103 Å². The highest BCUT2D eigenvalue weighted by Crippen LogP contribution is 2.20. The molecule has 1 N–H and O–H groups in total. The van der Waals surface area contributed by atoms with Crippen LogP contribution in [0.4, 0.5) is 4.39 Å². The molecule has 0 aliphatic carbocycles. The largest absolute Gasteiger partial charge is 0.319 e. The van der Waals surface area contributed by atoms with Gasteiger partial charge in [0.25, 0.3) is 5.56 Å². The molecule has 2 aromatic rings. The van der Waals surface area contributed by atoms with Gasteiger partial charge in [-0.05, 0) is 12.5 Å². The predicted octanol–water partition coefficient (Wildman–Crippen LogP) is 3.12. The van der Waals surface area contributed by atoms with Crippen LogP contribution in [0.5, 0.6) is 0 Å². The quantitative estimate of drug-likeness (QED) is 0.845. The zero-order chi connectivity index (χ0) is 13.5. The Morgan fingerprint density at radius 1 is 1.50 bits per heavy atom. The normalized spacial score (nSPS) is 13.7. The van der Waals surface area contributed by atoms with Crippen LogP contribution in [0.2, 0.25) is 0 Å². The maximum atomic E-state index is 14.1. The van der Waals surface area contributed by atoms with E-state index in [1.54, 1.807) is 12.1 Å². The molecule has 1 aromatic carbocycles. The van der Waals surface area contributed by atoms with Crippen LogP contribution in [0.1, 0.15) is 20.8 Å². The second kappa shape index (κ2) is 4.37. The van der Waals surface area contributed by atoms with E-state index in [2.05, 4.69) is 20.9 Å². The zero-order valence-corrected chi connectivity index (χ0v) is 10.2. The van der Waals surface area contributed by atoms with Crippen LogP contribution in [0.3, 0.4) is 0 Å². The molecular formula is C12H11BrFNO. The van der Waals surface area contributed by atoms with E-state index in [0.717, 1.165) is 0 Å². The number of nitrogens with one attached hydrogen (secondary N) is 1. The second-order valence-electron chi connectivity index (χ2n) is 3.46. The van der Waals surface area contributed by atoms with Gasteiger partial charge in [-0.1, -0.05) is 35.0 Å². The van der Waals surface area contributed by atoms with E-state index in [9.17, 15) is 9.18 Å². The number of rotatable bonds is 2. The first kappa shape index (κ1) is 8.93. The lowest BCUT2D eigenvalue weighted by molar-refractivity contribution is 0.626. The SMILES string of the molecule is [2H]C([2H])(Br)c1ccc2cc(CC)c(=O)[nH]c2c1F. The van der Waals surface area contributed by atoms with E-state index in [1.807, 2.05) is 6.92 Å². The van der Waals surface area contributed by atoms with E-state index in [-0.39, 0.29) is 16.6 Å². The van der Waals surface area contributed by atoms with Crippen LogP contribution < -0.4 is 5.56 Å². The lowest BCUT2D eigenvalue weighted by Crippen LogP contribution is -2.12. The molecule has 0 fully saturated rings. The number of hydrogen-bond donors (Lipinski definition) is 1. The van der Waals surface area contributed by atoms with Crippen molar-refractivity contribution >= 4 is 26.8 Å². The Kier molecular flexibility index (Phi) is 2.44. The fraction of sp³-hybridized carbons (Fsp3) is 0.250. The number of aromatic nitrogens is 1. The van der Waals surface area contributed by atoms with Crippen molar-refractivity contribution < 1.29 is 7.13 Å². The highest BCUT2D eigenvalue weighted by Gasteiger charge is 2.09. The molecule has 4 heteroatoms. The van der Waals surface area contributed by atoms with Crippen LogP contribution in [0.15, 0.2) is 23.0 Å². The van der Waals surface area contributed by atoms with Crippen molar-refractivity contribution in [1.82, 2.24) is 4.98 Å². The first-order valence-corrected chi connectivity index (χ1v) is 5.67. The van der Waals surface area contributed by atoms with Gasteiger partial charge in [0.15, 0.2) is 5.82 Å². The highest BCUT2D eigenvalue weighted by atomic mass is 79.9. The minimum Gasteiger partial charge on any atom is -0.319 e. The van der Waals surface area contributed by atoms with Gasteiger partial charge in [0.1, 0.15) is 0 Å². The van der Waals surface area contributed by atoms with Gasteiger partial charge in [-0.25, -0.2) is 4.39 Å². The molecule has 0 bridgehead atoms. The number of pyridine rings is 1. The average Bonchev–Trinajstić information content (AvgIpc) is 2.28. The molecule has 0 spiro atoms. The molecule has 0 aliphatic heterocycles. The van der Waals surface area contributed by atoms with Crippen molar-refractivity contribution in [1.29, 1.82) is 0 Å². The molecule has 0 saturated carbocycles. The third-order valence-electron chi connectivity index (χ3n) is 2.52. The van der Waals surface area contributed by atoms with Crippen molar-refractivity contribution in [3.63, 3.8) is 0 Å². The van der Waals surface area contributed by atoms with Gasteiger partial charge in [0, 0.05) is 24.5 Å². The van der Waals surface area contributed by atoms with Crippen molar-refractivity contribution in [3.8, 4) is 0 Å². The van der Waals surface area contributed by atoms with Gasteiger partial charge < -0.3 is 4.98 Å². The van der Waals surface area contributed by atoms with Gasteiger partial charge >= 0.3 is 0 Å². The summed E-state index contributed by atoms with van der Waals surface area (Å²) in [6.45, 7) is 1.85. The molecule has 2 rings (SSSR count). The number of alkyl halides is 1. The molecule has 1 heterocycles. The monoisotopic (exact) mass is 285 g/mol. The van der Waals surface area contributed by atoms with E-state index in [0.29, 0.717) is 17.4 Å². The van der Waals surface area contributed by atoms with Crippen LogP contribution in [-0.4, -0.2) is 4.98 Å². The topological polar surface area (TPSA) is 32.9 Å². The van der Waals surface area contributed by atoms with E-state index in [1.165, 1.54) is 6.07 Å². The van der Waals surface area contributed by atoms with Gasteiger partial charge in [-0.15, -0.1) is 0 Å². The number of H-pyrrole nitrogens is 1. The fourth-order valence-electron chi connectivity index (χ4n) is 1.62. The first-order chi connectivity index (χ1) is 8.34. The molecule has 0 saturated heterocycles.